The van der Waals surface area contributed by atoms with Crippen molar-refractivity contribution in [3.05, 3.63) is 28.8 Å². The van der Waals surface area contributed by atoms with Gasteiger partial charge in [0.1, 0.15) is 0 Å². The first-order valence-corrected chi connectivity index (χ1v) is 11.9. The molecule has 0 spiro atoms. The Bertz CT molecular complexity index is 847. The van der Waals surface area contributed by atoms with Crippen molar-refractivity contribution in [2.75, 3.05) is 37.7 Å². The third-order valence-electron chi connectivity index (χ3n) is 5.20. The van der Waals surface area contributed by atoms with E-state index in [0.29, 0.717) is 37.5 Å². The maximum Gasteiger partial charge on any atom is 0.243 e. The molecule has 1 aromatic rings. The Balaban J connectivity index is 1.74. The minimum atomic E-state index is -3.52. The van der Waals surface area contributed by atoms with Gasteiger partial charge in [0, 0.05) is 32.2 Å². The van der Waals surface area contributed by atoms with Gasteiger partial charge in [-0.2, -0.15) is 4.31 Å². The first-order chi connectivity index (χ1) is 11.6. The van der Waals surface area contributed by atoms with Gasteiger partial charge in [-0.3, -0.25) is 4.90 Å². The molecule has 0 unspecified atom stereocenters. The molecule has 0 amide bonds. The number of hydrogen-bond donors (Lipinski definition) is 0. The van der Waals surface area contributed by atoms with Crippen LogP contribution in [0.4, 0.5) is 0 Å². The van der Waals surface area contributed by atoms with Crippen LogP contribution in [0, 0.1) is 20.8 Å². The van der Waals surface area contributed by atoms with E-state index in [1.807, 2.05) is 32.9 Å². The van der Waals surface area contributed by atoms with Crippen molar-refractivity contribution in [2.24, 2.45) is 0 Å². The zero-order valence-electron chi connectivity index (χ0n) is 15.0. The SMILES string of the molecule is Cc1cc(C)c(S(=O)(=O)N2CCN([C@@H]3CCS(=O)(=O)C3)CC2)c(C)c1. The normalized spacial score (nSPS) is 25.3. The summed E-state index contributed by atoms with van der Waals surface area (Å²) in [4.78, 5) is 2.54. The number of rotatable bonds is 3. The lowest BCUT2D eigenvalue weighted by atomic mass is 10.1. The minimum Gasteiger partial charge on any atom is -0.297 e. The number of sulfonamides is 1. The van der Waals surface area contributed by atoms with E-state index in [0.717, 1.165) is 16.7 Å². The maximum atomic E-state index is 13.1. The van der Waals surface area contributed by atoms with Crippen molar-refractivity contribution in [1.82, 2.24) is 9.21 Å². The molecule has 2 saturated heterocycles. The van der Waals surface area contributed by atoms with E-state index in [9.17, 15) is 16.8 Å². The van der Waals surface area contributed by atoms with E-state index in [2.05, 4.69) is 4.90 Å². The Morgan fingerprint density at radius 1 is 1.00 bits per heavy atom. The van der Waals surface area contributed by atoms with Gasteiger partial charge in [0.15, 0.2) is 9.84 Å². The quantitative estimate of drug-likeness (QED) is 0.778. The second kappa shape index (κ2) is 6.64. The van der Waals surface area contributed by atoms with Crippen molar-refractivity contribution >= 4 is 19.9 Å². The number of piperazine rings is 1. The highest BCUT2D eigenvalue weighted by atomic mass is 32.2. The molecule has 0 aliphatic carbocycles. The largest absolute Gasteiger partial charge is 0.297 e. The summed E-state index contributed by atoms with van der Waals surface area (Å²) in [5, 5.41) is 0. The van der Waals surface area contributed by atoms with E-state index in [1.165, 1.54) is 4.31 Å². The minimum absolute atomic E-state index is 0.0395. The predicted molar refractivity (Wildman–Crippen MR) is 98.0 cm³/mol. The number of sulfone groups is 1. The molecule has 2 fully saturated rings. The number of nitrogens with zero attached hydrogens (tertiary/aromatic N) is 2. The zero-order valence-corrected chi connectivity index (χ0v) is 16.7. The lowest BCUT2D eigenvalue weighted by Crippen LogP contribution is -2.52. The summed E-state index contributed by atoms with van der Waals surface area (Å²) in [7, 11) is -6.44. The van der Waals surface area contributed by atoms with Gasteiger partial charge in [-0.15, -0.1) is 0 Å². The predicted octanol–water partition coefficient (Wildman–Crippen LogP) is 1.11. The molecule has 1 atom stereocenters. The van der Waals surface area contributed by atoms with Gasteiger partial charge in [0.05, 0.1) is 16.4 Å². The summed E-state index contributed by atoms with van der Waals surface area (Å²) in [6.45, 7) is 7.63. The topological polar surface area (TPSA) is 74.8 Å². The fraction of sp³-hybridized carbons (Fsp3) is 0.647. The van der Waals surface area contributed by atoms with E-state index < -0.39 is 19.9 Å². The van der Waals surface area contributed by atoms with Crippen molar-refractivity contribution in [3.8, 4) is 0 Å². The molecule has 0 N–H and O–H groups in total. The summed E-state index contributed by atoms with van der Waals surface area (Å²) in [5.74, 6) is 0.452. The highest BCUT2D eigenvalue weighted by Crippen LogP contribution is 2.27. The standard InChI is InChI=1S/C17H26N2O4S2/c1-13-10-14(2)17(15(3)11-13)25(22,23)19-7-5-18(6-8-19)16-4-9-24(20,21)12-16/h10-11,16H,4-9,12H2,1-3H3/t16-/m1/s1. The van der Waals surface area contributed by atoms with Gasteiger partial charge in [-0.25, -0.2) is 16.8 Å². The first kappa shape index (κ1) is 18.8. The van der Waals surface area contributed by atoms with Gasteiger partial charge in [0.25, 0.3) is 0 Å². The molecule has 8 heteroatoms. The van der Waals surface area contributed by atoms with E-state index in [-0.39, 0.29) is 17.5 Å². The molecule has 0 aromatic heterocycles. The molecule has 2 aliphatic heterocycles. The van der Waals surface area contributed by atoms with E-state index in [4.69, 9.17) is 0 Å². The number of benzene rings is 1. The summed E-state index contributed by atoms with van der Waals surface area (Å²) < 4.78 is 51.0. The first-order valence-electron chi connectivity index (χ1n) is 8.63. The van der Waals surface area contributed by atoms with Crippen LogP contribution in [0.2, 0.25) is 0 Å². The second-order valence-electron chi connectivity index (χ2n) is 7.22. The van der Waals surface area contributed by atoms with Gasteiger partial charge in [-0.1, -0.05) is 17.7 Å². The summed E-state index contributed by atoms with van der Waals surface area (Å²) in [6.07, 6.45) is 0.658. The third-order valence-corrected chi connectivity index (χ3v) is 9.16. The van der Waals surface area contributed by atoms with E-state index >= 15 is 0 Å². The molecule has 3 rings (SSSR count). The van der Waals surface area contributed by atoms with Crippen LogP contribution in [0.3, 0.4) is 0 Å². The van der Waals surface area contributed by atoms with Crippen LogP contribution in [0.5, 0.6) is 0 Å². The van der Waals surface area contributed by atoms with Crippen LogP contribution in [-0.2, 0) is 19.9 Å². The molecule has 0 radical (unpaired) electrons. The highest BCUT2D eigenvalue weighted by molar-refractivity contribution is 7.91. The summed E-state index contributed by atoms with van der Waals surface area (Å²) in [5.41, 5.74) is 2.62. The highest BCUT2D eigenvalue weighted by Gasteiger charge is 2.36. The molecular weight excluding hydrogens is 360 g/mol. The average Bonchev–Trinajstić information content (AvgIpc) is 2.86. The van der Waals surface area contributed by atoms with Crippen LogP contribution in [0.25, 0.3) is 0 Å². The Labute approximate surface area is 150 Å². The second-order valence-corrected chi connectivity index (χ2v) is 11.3. The van der Waals surface area contributed by atoms with Crippen molar-refractivity contribution in [2.45, 2.75) is 38.1 Å². The molecular formula is C17H26N2O4S2. The van der Waals surface area contributed by atoms with Gasteiger partial charge in [0.2, 0.25) is 10.0 Å². The van der Waals surface area contributed by atoms with Crippen LogP contribution < -0.4 is 0 Å². The fourth-order valence-corrected chi connectivity index (χ4v) is 7.67. The zero-order chi connectivity index (χ0) is 18.4. The van der Waals surface area contributed by atoms with E-state index in [1.54, 1.807) is 0 Å². The Hall–Kier alpha value is -0.960. The average molecular weight is 387 g/mol. The van der Waals surface area contributed by atoms with Gasteiger partial charge in [-0.05, 0) is 38.3 Å². The molecule has 1 aromatic carbocycles. The molecule has 0 saturated carbocycles. The lowest BCUT2D eigenvalue weighted by molar-refractivity contribution is 0.148. The number of aryl methyl sites for hydroxylation is 3. The van der Waals surface area contributed by atoms with Crippen LogP contribution >= 0.6 is 0 Å². The fourth-order valence-electron chi connectivity index (χ4n) is 4.08. The Morgan fingerprint density at radius 2 is 1.56 bits per heavy atom. The maximum absolute atomic E-state index is 13.1. The van der Waals surface area contributed by atoms with Gasteiger partial charge >= 0.3 is 0 Å². The Kier molecular flexibility index (Phi) is 5.00. The van der Waals surface area contributed by atoms with Crippen LogP contribution in [0.15, 0.2) is 17.0 Å². The van der Waals surface area contributed by atoms with Crippen LogP contribution in [0.1, 0.15) is 23.1 Å². The monoisotopic (exact) mass is 386 g/mol. The molecule has 2 heterocycles. The van der Waals surface area contributed by atoms with Crippen molar-refractivity contribution in [1.29, 1.82) is 0 Å². The van der Waals surface area contributed by atoms with Crippen molar-refractivity contribution in [3.63, 3.8) is 0 Å². The van der Waals surface area contributed by atoms with Gasteiger partial charge < -0.3 is 0 Å². The lowest BCUT2D eigenvalue weighted by Gasteiger charge is -2.37. The van der Waals surface area contributed by atoms with Crippen molar-refractivity contribution < 1.29 is 16.8 Å². The number of hydrogen-bond acceptors (Lipinski definition) is 5. The smallest absolute Gasteiger partial charge is 0.243 e. The summed E-state index contributed by atoms with van der Waals surface area (Å²) >= 11 is 0. The molecule has 2 aliphatic rings. The molecule has 140 valence electrons. The summed E-state index contributed by atoms with van der Waals surface area (Å²) in [6, 6.07) is 3.84. The molecule has 0 bridgehead atoms. The molecule has 6 nitrogen and oxygen atoms in total. The molecule has 25 heavy (non-hydrogen) atoms. The van der Waals surface area contributed by atoms with Crippen LogP contribution in [-0.4, -0.2) is 69.8 Å². The Morgan fingerprint density at radius 3 is 2.04 bits per heavy atom. The third kappa shape index (κ3) is 3.77.